The zero-order valence-corrected chi connectivity index (χ0v) is 14.3. The summed E-state index contributed by atoms with van der Waals surface area (Å²) in [7, 11) is -8.05. The van der Waals surface area contributed by atoms with Crippen LogP contribution in [0.4, 0.5) is 0 Å². The van der Waals surface area contributed by atoms with E-state index in [1.807, 2.05) is 4.90 Å². The van der Waals surface area contributed by atoms with Gasteiger partial charge in [0.2, 0.25) is 20.1 Å². The second kappa shape index (κ2) is 5.92. The van der Waals surface area contributed by atoms with Crippen LogP contribution < -0.4 is 0 Å². The molecule has 11 heteroatoms. The average Bonchev–Trinajstić information content (AvgIpc) is 2.94. The Hall–Kier alpha value is -1.82. The van der Waals surface area contributed by atoms with Crippen molar-refractivity contribution < 1.29 is 25.8 Å². The van der Waals surface area contributed by atoms with E-state index >= 15 is 0 Å². The predicted molar refractivity (Wildman–Crippen MR) is 79.6 cm³/mol. The molecule has 24 heavy (non-hydrogen) atoms. The first-order valence-electron chi connectivity index (χ1n) is 6.95. The van der Waals surface area contributed by atoms with Gasteiger partial charge in [-0.1, -0.05) is 0 Å². The fraction of sp³-hybridized carbons (Fsp3) is 0.385. The quantitative estimate of drug-likeness (QED) is 0.534. The lowest BCUT2D eigenvalue weighted by molar-refractivity contribution is 0.215. The van der Waals surface area contributed by atoms with Gasteiger partial charge in [0, 0.05) is 37.5 Å². The summed E-state index contributed by atoms with van der Waals surface area (Å²) in [6, 6.07) is 2.58. The van der Waals surface area contributed by atoms with Crippen molar-refractivity contribution in [3.63, 3.8) is 0 Å². The molecule has 3 rings (SSSR count). The Morgan fingerprint density at radius 1 is 1.29 bits per heavy atom. The lowest BCUT2D eigenvalue weighted by Gasteiger charge is -2.27. The fourth-order valence-electron chi connectivity index (χ4n) is 2.47. The monoisotopic (exact) mass is 372 g/mol. The van der Waals surface area contributed by atoms with Crippen LogP contribution in [0.15, 0.2) is 33.0 Å². The summed E-state index contributed by atoms with van der Waals surface area (Å²) in [6.07, 6.45) is 3.08. The van der Waals surface area contributed by atoms with E-state index < -0.39 is 25.0 Å². The van der Waals surface area contributed by atoms with Crippen molar-refractivity contribution in [2.24, 2.45) is 0 Å². The third-order valence-electron chi connectivity index (χ3n) is 3.59. The molecule has 2 aromatic rings. The third kappa shape index (κ3) is 3.64. The summed E-state index contributed by atoms with van der Waals surface area (Å²) in [4.78, 5) is 9.93. The normalized spacial score (nSPS) is 16.1. The van der Waals surface area contributed by atoms with E-state index in [9.17, 15) is 21.4 Å². The summed E-state index contributed by atoms with van der Waals surface area (Å²) in [5.41, 5.74) is 1.49. The van der Waals surface area contributed by atoms with Crippen LogP contribution in [0, 0.1) is 0 Å². The van der Waals surface area contributed by atoms with E-state index in [0.29, 0.717) is 37.5 Å². The molecule has 9 nitrogen and oxygen atoms in total. The second-order valence-corrected chi connectivity index (χ2v) is 8.75. The number of hydrogen-bond donors (Lipinski definition) is 0. The Bertz CT molecular complexity index is 981. The molecule has 0 unspecified atom stereocenters. The van der Waals surface area contributed by atoms with Gasteiger partial charge in [-0.3, -0.25) is 4.90 Å². The molecule has 0 N–H and O–H groups in total. The molecule has 0 radical (unpaired) electrons. The Morgan fingerprint density at radius 2 is 2.04 bits per heavy atom. The van der Waals surface area contributed by atoms with Crippen LogP contribution in [0.3, 0.4) is 0 Å². The van der Waals surface area contributed by atoms with Crippen LogP contribution in [0.5, 0.6) is 0 Å². The number of sulfone groups is 1. The highest BCUT2D eigenvalue weighted by Crippen LogP contribution is 2.21. The highest BCUT2D eigenvalue weighted by Gasteiger charge is 2.22. The molecule has 0 spiro atoms. The van der Waals surface area contributed by atoms with Crippen LogP contribution >= 0.6 is 0 Å². The van der Waals surface area contributed by atoms with Crippen LogP contribution in [0.25, 0.3) is 0 Å². The van der Waals surface area contributed by atoms with E-state index in [1.54, 1.807) is 0 Å². The number of nitrogens with zero attached hydrogens (tertiary/aromatic N) is 3. The molecule has 0 aliphatic carbocycles. The Kier molecular flexibility index (Phi) is 4.20. The minimum atomic E-state index is -4.60. The molecule has 0 atom stereocenters. The van der Waals surface area contributed by atoms with Crippen LogP contribution in [0.1, 0.15) is 17.0 Å². The largest absolute Gasteiger partial charge is 0.742 e. The van der Waals surface area contributed by atoms with Gasteiger partial charge in [-0.25, -0.2) is 26.8 Å². The third-order valence-corrected chi connectivity index (χ3v) is 5.16. The number of fused-ring (bicyclic) bond motifs is 1. The van der Waals surface area contributed by atoms with E-state index in [2.05, 4.69) is 9.97 Å². The van der Waals surface area contributed by atoms with Gasteiger partial charge in [0.1, 0.15) is 5.76 Å². The maximum Gasteiger partial charge on any atom is 0.246 e. The molecule has 2 aromatic heterocycles. The van der Waals surface area contributed by atoms with Crippen molar-refractivity contribution in [1.82, 2.24) is 14.9 Å². The van der Waals surface area contributed by atoms with Crippen LogP contribution in [-0.4, -0.2) is 49.1 Å². The highest BCUT2D eigenvalue weighted by molar-refractivity contribution is 7.90. The molecular weight excluding hydrogens is 358 g/mol. The van der Waals surface area contributed by atoms with Crippen LogP contribution in [0.2, 0.25) is 0 Å². The van der Waals surface area contributed by atoms with E-state index in [0.717, 1.165) is 17.9 Å². The molecule has 0 bridgehead atoms. The van der Waals surface area contributed by atoms with Gasteiger partial charge in [0.25, 0.3) is 0 Å². The van der Waals surface area contributed by atoms with Gasteiger partial charge >= 0.3 is 0 Å². The van der Waals surface area contributed by atoms with Gasteiger partial charge in [0.15, 0.2) is 10.1 Å². The molecular formula is C13H14N3O6S2-. The number of rotatable bonds is 4. The standard InChI is InChI=1S/C13H15N3O6S2/c1-23(17,18)13-14-6-9-7-16(5-4-11(9)15-13)8-10-2-3-12(22-10)24(19,20)21/h2-3,6H,4-5,7-8H2,1H3,(H,19,20,21)/p-1. The zero-order chi connectivity index (χ0) is 17.5. The molecule has 1 aliphatic rings. The predicted octanol–water partition coefficient (Wildman–Crippen LogP) is -0.0645. The van der Waals surface area contributed by atoms with Crippen molar-refractivity contribution in [3.05, 3.63) is 35.3 Å². The zero-order valence-electron chi connectivity index (χ0n) is 12.7. The van der Waals surface area contributed by atoms with E-state index in [4.69, 9.17) is 4.42 Å². The van der Waals surface area contributed by atoms with Crippen molar-refractivity contribution >= 4 is 20.0 Å². The second-order valence-electron chi connectivity index (χ2n) is 5.53. The minimum Gasteiger partial charge on any atom is -0.742 e. The fourth-order valence-corrected chi connectivity index (χ4v) is 3.43. The Morgan fingerprint density at radius 3 is 2.67 bits per heavy atom. The van der Waals surface area contributed by atoms with E-state index in [-0.39, 0.29) is 5.16 Å². The Labute approximate surface area is 139 Å². The van der Waals surface area contributed by atoms with Crippen molar-refractivity contribution in [2.75, 3.05) is 12.8 Å². The lowest BCUT2D eigenvalue weighted by Crippen LogP contribution is -2.31. The number of aromatic nitrogens is 2. The first kappa shape index (κ1) is 17.0. The number of furan rings is 1. The van der Waals surface area contributed by atoms with Crippen molar-refractivity contribution in [2.45, 2.75) is 29.8 Å². The van der Waals surface area contributed by atoms with E-state index in [1.165, 1.54) is 12.3 Å². The highest BCUT2D eigenvalue weighted by atomic mass is 32.2. The summed E-state index contributed by atoms with van der Waals surface area (Å²) < 4.78 is 60.7. The van der Waals surface area contributed by atoms with Crippen LogP contribution in [-0.2, 0) is 39.5 Å². The summed E-state index contributed by atoms with van der Waals surface area (Å²) in [5, 5.41) is -0.790. The molecule has 130 valence electrons. The summed E-state index contributed by atoms with van der Waals surface area (Å²) in [6.45, 7) is 1.38. The average molecular weight is 372 g/mol. The number of hydrogen-bond acceptors (Lipinski definition) is 9. The molecule has 1 aliphatic heterocycles. The summed E-state index contributed by atoms with van der Waals surface area (Å²) in [5.74, 6) is 0.363. The molecule has 0 fully saturated rings. The first-order valence-corrected chi connectivity index (χ1v) is 10.2. The molecule has 0 aromatic carbocycles. The topological polar surface area (TPSA) is 134 Å². The lowest BCUT2D eigenvalue weighted by atomic mass is 10.1. The molecule has 0 saturated carbocycles. The maximum atomic E-state index is 11.5. The van der Waals surface area contributed by atoms with Gasteiger partial charge in [0.05, 0.1) is 12.2 Å². The maximum absolute atomic E-state index is 11.5. The van der Waals surface area contributed by atoms with Gasteiger partial charge < -0.3 is 8.97 Å². The molecule has 0 amide bonds. The smallest absolute Gasteiger partial charge is 0.246 e. The minimum absolute atomic E-state index is 0.189. The Balaban J connectivity index is 1.75. The van der Waals surface area contributed by atoms with Gasteiger partial charge in [-0.15, -0.1) is 0 Å². The van der Waals surface area contributed by atoms with Gasteiger partial charge in [-0.2, -0.15) is 0 Å². The van der Waals surface area contributed by atoms with Gasteiger partial charge in [-0.05, 0) is 12.1 Å². The molecule has 3 heterocycles. The summed E-state index contributed by atoms with van der Waals surface area (Å²) >= 11 is 0. The van der Waals surface area contributed by atoms with Crippen molar-refractivity contribution in [1.29, 1.82) is 0 Å². The van der Waals surface area contributed by atoms with Crippen molar-refractivity contribution in [3.8, 4) is 0 Å². The molecule has 0 saturated heterocycles. The first-order chi connectivity index (χ1) is 11.1. The SMILES string of the molecule is CS(=O)(=O)c1ncc2c(n1)CCN(Cc1ccc(S(=O)(=O)[O-])o1)C2.